The Morgan fingerprint density at radius 2 is 2.19 bits per heavy atom. The number of aryl methyl sites for hydroxylation is 1. The molecule has 0 aliphatic carbocycles. The van der Waals surface area contributed by atoms with Gasteiger partial charge in [0.25, 0.3) is 0 Å². The van der Waals surface area contributed by atoms with Crippen LogP contribution in [-0.2, 0) is 4.74 Å². The molecule has 0 aromatic heterocycles. The molecule has 0 spiro atoms. The van der Waals surface area contributed by atoms with Crippen LogP contribution in [0, 0.1) is 19.3 Å². The summed E-state index contributed by atoms with van der Waals surface area (Å²) in [6.45, 7) is 4.79. The van der Waals surface area contributed by atoms with Crippen LogP contribution in [0.25, 0.3) is 0 Å². The maximum Gasteiger partial charge on any atom is 0.337 e. The second-order valence-electron chi connectivity index (χ2n) is 5.42. The van der Waals surface area contributed by atoms with E-state index < -0.39 is 0 Å². The molecule has 0 radical (unpaired) electrons. The highest BCUT2D eigenvalue weighted by molar-refractivity contribution is 5.90. The van der Waals surface area contributed by atoms with Gasteiger partial charge in [0.1, 0.15) is 0 Å². The van der Waals surface area contributed by atoms with Crippen molar-refractivity contribution in [1.29, 1.82) is 0 Å². The number of nitrogens with one attached hydrogen (secondary N) is 1. The number of methoxy groups -OCH3 is 1. The summed E-state index contributed by atoms with van der Waals surface area (Å²) < 4.78 is 4.77. The Balaban J connectivity index is 2.00. The molecule has 0 bridgehead atoms. The number of carbonyl (C=O) groups is 1. The van der Waals surface area contributed by atoms with Gasteiger partial charge in [-0.3, -0.25) is 4.90 Å². The minimum Gasteiger partial charge on any atom is -0.465 e. The van der Waals surface area contributed by atoms with E-state index in [0.717, 1.165) is 43.7 Å². The lowest BCUT2D eigenvalue weighted by Gasteiger charge is -2.32. The van der Waals surface area contributed by atoms with Crippen molar-refractivity contribution in [2.45, 2.75) is 25.8 Å². The van der Waals surface area contributed by atoms with Crippen LogP contribution in [0.2, 0.25) is 0 Å². The number of esters is 1. The van der Waals surface area contributed by atoms with Crippen LogP contribution in [-0.4, -0.2) is 43.7 Å². The number of nitrogens with zero attached hydrogens (tertiary/aromatic N) is 1. The summed E-state index contributed by atoms with van der Waals surface area (Å²) in [6, 6.07) is 6.03. The monoisotopic (exact) mass is 286 g/mol. The summed E-state index contributed by atoms with van der Waals surface area (Å²) in [5.41, 5.74) is 2.72. The molecule has 1 heterocycles. The average Bonchev–Trinajstić information content (AvgIpc) is 2.51. The smallest absolute Gasteiger partial charge is 0.337 e. The Bertz CT molecular complexity index is 540. The van der Waals surface area contributed by atoms with Gasteiger partial charge in [-0.15, -0.1) is 6.42 Å². The fourth-order valence-electron chi connectivity index (χ4n) is 2.61. The number of rotatable bonds is 4. The van der Waals surface area contributed by atoms with Gasteiger partial charge >= 0.3 is 5.97 Å². The van der Waals surface area contributed by atoms with Gasteiger partial charge in [0, 0.05) is 24.8 Å². The van der Waals surface area contributed by atoms with Crippen LogP contribution in [0.3, 0.4) is 0 Å². The topological polar surface area (TPSA) is 41.6 Å². The number of terminal acetylenes is 1. The molecular weight excluding hydrogens is 264 g/mol. The molecule has 1 aromatic carbocycles. The van der Waals surface area contributed by atoms with E-state index in [1.165, 1.54) is 7.11 Å². The maximum atomic E-state index is 11.6. The molecule has 4 heteroatoms. The van der Waals surface area contributed by atoms with Crippen molar-refractivity contribution in [2.75, 3.05) is 32.1 Å². The van der Waals surface area contributed by atoms with Gasteiger partial charge < -0.3 is 10.1 Å². The van der Waals surface area contributed by atoms with Gasteiger partial charge in [0.2, 0.25) is 0 Å². The largest absolute Gasteiger partial charge is 0.465 e. The van der Waals surface area contributed by atoms with Crippen LogP contribution >= 0.6 is 0 Å². The van der Waals surface area contributed by atoms with Crippen LogP contribution in [0.5, 0.6) is 0 Å². The molecule has 1 saturated heterocycles. The van der Waals surface area contributed by atoms with Crippen molar-refractivity contribution >= 4 is 11.7 Å². The summed E-state index contributed by atoms with van der Waals surface area (Å²) in [4.78, 5) is 13.9. The second kappa shape index (κ2) is 7.14. The number of hydrogen-bond acceptors (Lipinski definition) is 4. The molecule has 1 N–H and O–H groups in total. The first-order valence-electron chi connectivity index (χ1n) is 7.25. The fourth-order valence-corrected chi connectivity index (χ4v) is 2.61. The van der Waals surface area contributed by atoms with E-state index in [-0.39, 0.29) is 5.97 Å². The molecule has 0 unspecified atom stereocenters. The van der Waals surface area contributed by atoms with Crippen molar-refractivity contribution in [2.24, 2.45) is 0 Å². The number of carbonyl (C=O) groups excluding carboxylic acids is 1. The second-order valence-corrected chi connectivity index (χ2v) is 5.42. The van der Waals surface area contributed by atoms with Gasteiger partial charge in [0.15, 0.2) is 0 Å². The lowest BCUT2D eigenvalue weighted by molar-refractivity contribution is 0.0601. The number of anilines is 1. The molecular formula is C17H22N2O2. The van der Waals surface area contributed by atoms with E-state index in [0.29, 0.717) is 11.6 Å². The lowest BCUT2D eigenvalue weighted by atomic mass is 10.0. The Hall–Kier alpha value is -1.99. The van der Waals surface area contributed by atoms with E-state index in [4.69, 9.17) is 11.2 Å². The van der Waals surface area contributed by atoms with E-state index in [1.54, 1.807) is 6.07 Å². The van der Waals surface area contributed by atoms with Gasteiger partial charge in [0.05, 0.1) is 19.2 Å². The zero-order chi connectivity index (χ0) is 15.2. The van der Waals surface area contributed by atoms with Crippen molar-refractivity contribution < 1.29 is 9.53 Å². The molecule has 2 rings (SSSR count). The first kappa shape index (κ1) is 15.4. The highest BCUT2D eigenvalue weighted by Gasteiger charge is 2.19. The van der Waals surface area contributed by atoms with Crippen molar-refractivity contribution in [3.8, 4) is 12.3 Å². The third-order valence-electron chi connectivity index (χ3n) is 3.92. The van der Waals surface area contributed by atoms with E-state index in [9.17, 15) is 4.79 Å². The zero-order valence-corrected chi connectivity index (χ0v) is 12.7. The molecule has 1 fully saturated rings. The predicted octanol–water partition coefficient (Wildman–Crippen LogP) is 2.29. The quantitative estimate of drug-likeness (QED) is 0.681. The average molecular weight is 286 g/mol. The van der Waals surface area contributed by atoms with Gasteiger partial charge in [-0.2, -0.15) is 0 Å². The first-order chi connectivity index (χ1) is 10.1. The molecule has 0 atom stereocenters. The van der Waals surface area contributed by atoms with Crippen molar-refractivity contribution in [3.05, 3.63) is 29.3 Å². The first-order valence-corrected chi connectivity index (χ1v) is 7.25. The summed E-state index contributed by atoms with van der Waals surface area (Å²) in [5, 5.41) is 3.55. The van der Waals surface area contributed by atoms with Crippen LogP contribution in [0.15, 0.2) is 18.2 Å². The zero-order valence-electron chi connectivity index (χ0n) is 12.7. The molecule has 0 amide bonds. The summed E-state index contributed by atoms with van der Waals surface area (Å²) in [6.07, 6.45) is 7.46. The molecule has 21 heavy (non-hydrogen) atoms. The molecule has 1 aliphatic heterocycles. The van der Waals surface area contributed by atoms with E-state index in [1.807, 2.05) is 19.1 Å². The highest BCUT2D eigenvalue weighted by Crippen LogP contribution is 2.21. The number of piperidine rings is 1. The van der Waals surface area contributed by atoms with Crippen molar-refractivity contribution in [3.63, 3.8) is 0 Å². The van der Waals surface area contributed by atoms with Gasteiger partial charge in [-0.05, 0) is 37.5 Å². The minimum atomic E-state index is -0.304. The molecule has 1 aromatic rings. The summed E-state index contributed by atoms with van der Waals surface area (Å²) >= 11 is 0. The third-order valence-corrected chi connectivity index (χ3v) is 3.92. The highest BCUT2D eigenvalue weighted by atomic mass is 16.5. The Morgan fingerprint density at radius 3 is 2.81 bits per heavy atom. The molecule has 112 valence electrons. The summed E-state index contributed by atoms with van der Waals surface area (Å²) in [7, 11) is 1.40. The van der Waals surface area contributed by atoms with Crippen LogP contribution < -0.4 is 5.32 Å². The van der Waals surface area contributed by atoms with E-state index >= 15 is 0 Å². The fraction of sp³-hybridized carbons (Fsp3) is 0.471. The number of ether oxygens (including phenoxy) is 1. The predicted molar refractivity (Wildman–Crippen MR) is 84.4 cm³/mol. The molecule has 4 nitrogen and oxygen atoms in total. The Kier molecular flexibility index (Phi) is 5.24. The van der Waals surface area contributed by atoms with E-state index in [2.05, 4.69) is 16.1 Å². The normalized spacial score (nSPS) is 16.2. The molecule has 1 aliphatic rings. The summed E-state index contributed by atoms with van der Waals surface area (Å²) in [5.74, 6) is 2.39. The number of likely N-dealkylation sites (tertiary alicyclic amines) is 1. The third kappa shape index (κ3) is 3.99. The Morgan fingerprint density at radius 1 is 1.48 bits per heavy atom. The van der Waals surface area contributed by atoms with Crippen molar-refractivity contribution in [1.82, 2.24) is 4.90 Å². The molecule has 0 saturated carbocycles. The Labute approximate surface area is 126 Å². The maximum absolute atomic E-state index is 11.6. The van der Waals surface area contributed by atoms with Crippen LogP contribution in [0.1, 0.15) is 28.8 Å². The standard InChI is InChI=1S/C17H22N2O2/c1-4-9-19-10-7-15(8-11-19)18-16-12-14(17(20)21-3)6-5-13(16)2/h1,5-6,12,15,18H,7-11H2,2-3H3. The lowest BCUT2D eigenvalue weighted by Crippen LogP contribution is -2.39. The van der Waals surface area contributed by atoms with Gasteiger partial charge in [-0.25, -0.2) is 4.79 Å². The van der Waals surface area contributed by atoms with Gasteiger partial charge in [-0.1, -0.05) is 12.0 Å². The SMILES string of the molecule is C#CCN1CCC(Nc2cc(C(=O)OC)ccc2C)CC1. The number of hydrogen-bond donors (Lipinski definition) is 1. The number of benzene rings is 1. The van der Waals surface area contributed by atoms with Crippen LogP contribution in [0.4, 0.5) is 5.69 Å². The minimum absolute atomic E-state index is 0.304.